The van der Waals surface area contributed by atoms with Gasteiger partial charge >= 0.3 is 12.3 Å². The van der Waals surface area contributed by atoms with Gasteiger partial charge in [-0.3, -0.25) is 0 Å². The fourth-order valence-electron chi connectivity index (χ4n) is 1.17. The third kappa shape index (κ3) is 4.00. The van der Waals surface area contributed by atoms with E-state index in [1.807, 2.05) is 0 Å². The van der Waals surface area contributed by atoms with Gasteiger partial charge in [-0.1, -0.05) is 0 Å². The molecule has 0 N–H and O–H groups in total. The normalized spacial score (nSPS) is 11.2. The van der Waals surface area contributed by atoms with Crippen molar-refractivity contribution in [2.45, 2.75) is 20.2 Å². The molecule has 1 heterocycles. The maximum atomic E-state index is 12.1. The number of carbonyl (C=O) groups excluding carboxylic acids is 1. The van der Waals surface area contributed by atoms with E-state index in [1.165, 1.54) is 13.0 Å². The van der Waals surface area contributed by atoms with Crippen LogP contribution in [0.15, 0.2) is 6.07 Å². The molecule has 18 heavy (non-hydrogen) atoms. The van der Waals surface area contributed by atoms with Crippen molar-refractivity contribution in [3.63, 3.8) is 0 Å². The molecule has 0 aliphatic heterocycles. The van der Waals surface area contributed by atoms with Gasteiger partial charge in [0.2, 0.25) is 0 Å². The van der Waals surface area contributed by atoms with Gasteiger partial charge in [0.1, 0.15) is 9.39 Å². The second kappa shape index (κ2) is 5.72. The molecule has 0 spiro atoms. The number of alkyl halides is 3. The van der Waals surface area contributed by atoms with Gasteiger partial charge in [0.15, 0.2) is 5.75 Å². The molecule has 0 atom stereocenters. The van der Waals surface area contributed by atoms with Gasteiger partial charge in [-0.2, -0.15) is 0 Å². The maximum Gasteiger partial charge on any atom is 0.573 e. The highest BCUT2D eigenvalue weighted by atomic mass is 127. The minimum atomic E-state index is -4.79. The molecule has 100 valence electrons. The Bertz CT molecular complexity index is 439. The summed E-state index contributed by atoms with van der Waals surface area (Å²) in [5, 5.41) is 0. The Labute approximate surface area is 115 Å². The van der Waals surface area contributed by atoms with E-state index < -0.39 is 18.1 Å². The summed E-state index contributed by atoms with van der Waals surface area (Å²) in [5.74, 6) is -1.09. The fraction of sp³-hybridized carbons (Fsp3) is 0.400. The Kier molecular flexibility index (Phi) is 4.77. The Morgan fingerprint density at radius 2 is 2.11 bits per heavy atom. The number of esters is 1. The first-order chi connectivity index (χ1) is 8.24. The van der Waals surface area contributed by atoms with Gasteiger partial charge in [-0.25, -0.2) is 9.78 Å². The molecule has 1 rings (SSSR count). The molecule has 4 nitrogen and oxygen atoms in total. The molecule has 1 aromatic heterocycles. The van der Waals surface area contributed by atoms with Crippen LogP contribution in [0.25, 0.3) is 0 Å². The quantitative estimate of drug-likeness (QED) is 0.463. The summed E-state index contributed by atoms with van der Waals surface area (Å²) in [6, 6.07) is 1.20. The number of halogens is 4. The first-order valence-corrected chi connectivity index (χ1v) is 5.92. The van der Waals surface area contributed by atoms with Crippen LogP contribution in [0.3, 0.4) is 0 Å². The highest BCUT2D eigenvalue weighted by Crippen LogP contribution is 2.30. The summed E-state index contributed by atoms with van der Waals surface area (Å²) in [6.07, 6.45) is -4.79. The number of hydrogen-bond donors (Lipinski definition) is 0. The van der Waals surface area contributed by atoms with Crippen LogP contribution in [0.5, 0.6) is 5.75 Å². The third-order valence-electron chi connectivity index (χ3n) is 1.82. The van der Waals surface area contributed by atoms with Crippen molar-refractivity contribution in [3.05, 3.63) is 21.0 Å². The highest BCUT2D eigenvalue weighted by Gasteiger charge is 2.33. The lowest BCUT2D eigenvalue weighted by molar-refractivity contribution is -0.275. The van der Waals surface area contributed by atoms with Gasteiger partial charge < -0.3 is 9.47 Å². The van der Waals surface area contributed by atoms with Crippen molar-refractivity contribution in [2.75, 3.05) is 6.61 Å². The maximum absolute atomic E-state index is 12.1. The summed E-state index contributed by atoms with van der Waals surface area (Å²) >= 11 is 1.57. The van der Waals surface area contributed by atoms with E-state index in [9.17, 15) is 18.0 Å². The lowest BCUT2D eigenvalue weighted by Crippen LogP contribution is -2.19. The first-order valence-electron chi connectivity index (χ1n) is 4.84. The molecule has 0 saturated heterocycles. The van der Waals surface area contributed by atoms with E-state index in [1.54, 1.807) is 29.5 Å². The Balaban J connectivity index is 3.09. The zero-order valence-electron chi connectivity index (χ0n) is 9.47. The smallest absolute Gasteiger partial charge is 0.461 e. The van der Waals surface area contributed by atoms with Crippen LogP contribution in [-0.4, -0.2) is 23.9 Å². The molecule has 0 bridgehead atoms. The summed E-state index contributed by atoms with van der Waals surface area (Å²) in [4.78, 5) is 15.1. The summed E-state index contributed by atoms with van der Waals surface area (Å²) in [5.41, 5.74) is 0.114. The number of aryl methyl sites for hydroxylation is 1. The molecular formula is C10H9F3INO3. The number of aromatic nitrogens is 1. The standard InChI is InChI=1S/C10H9F3INO3/c1-3-17-9(16)6-4-5(2)7(8(14)15-6)18-10(11,12)13/h4H,3H2,1-2H3. The molecule has 0 saturated carbocycles. The van der Waals surface area contributed by atoms with Crippen LogP contribution in [0.2, 0.25) is 0 Å². The van der Waals surface area contributed by atoms with E-state index in [-0.39, 0.29) is 21.6 Å². The largest absolute Gasteiger partial charge is 0.573 e. The van der Waals surface area contributed by atoms with E-state index in [2.05, 4.69) is 9.72 Å². The van der Waals surface area contributed by atoms with Gasteiger partial charge in [0.25, 0.3) is 0 Å². The van der Waals surface area contributed by atoms with Crippen LogP contribution in [0.1, 0.15) is 23.0 Å². The predicted molar refractivity (Wildman–Crippen MR) is 64.3 cm³/mol. The molecule has 0 aliphatic rings. The minimum Gasteiger partial charge on any atom is -0.461 e. The fourth-order valence-corrected chi connectivity index (χ4v) is 1.97. The van der Waals surface area contributed by atoms with Gasteiger partial charge in [-0.05, 0) is 48.1 Å². The molecule has 1 aromatic rings. The van der Waals surface area contributed by atoms with E-state index in [4.69, 9.17) is 4.74 Å². The van der Waals surface area contributed by atoms with Crippen LogP contribution in [0, 0.1) is 10.6 Å². The Morgan fingerprint density at radius 1 is 1.50 bits per heavy atom. The zero-order chi connectivity index (χ0) is 13.9. The monoisotopic (exact) mass is 375 g/mol. The van der Waals surface area contributed by atoms with Gasteiger partial charge in [0, 0.05) is 0 Å². The lowest BCUT2D eigenvalue weighted by Gasteiger charge is -2.13. The molecule has 8 heteroatoms. The SMILES string of the molecule is CCOC(=O)c1cc(C)c(OC(F)(F)F)c(I)n1. The highest BCUT2D eigenvalue weighted by molar-refractivity contribution is 14.1. The van der Waals surface area contributed by atoms with Crippen LogP contribution < -0.4 is 4.74 Å². The van der Waals surface area contributed by atoms with Crippen molar-refractivity contribution in [2.24, 2.45) is 0 Å². The molecule has 0 aromatic carbocycles. The van der Waals surface area contributed by atoms with Crippen molar-refractivity contribution >= 4 is 28.6 Å². The lowest BCUT2D eigenvalue weighted by atomic mass is 10.2. The van der Waals surface area contributed by atoms with Crippen molar-refractivity contribution in [1.29, 1.82) is 0 Å². The van der Waals surface area contributed by atoms with E-state index >= 15 is 0 Å². The summed E-state index contributed by atoms with van der Waals surface area (Å²) < 4.78 is 44.9. The van der Waals surface area contributed by atoms with Crippen LogP contribution >= 0.6 is 22.6 Å². The average molecular weight is 375 g/mol. The van der Waals surface area contributed by atoms with Crippen molar-refractivity contribution in [3.8, 4) is 5.75 Å². The minimum absolute atomic E-state index is 0.0479. The second-order valence-corrected chi connectivity index (χ2v) is 4.23. The Morgan fingerprint density at radius 3 is 2.56 bits per heavy atom. The molecule has 0 radical (unpaired) electrons. The second-order valence-electron chi connectivity index (χ2n) is 3.21. The number of carbonyl (C=O) groups is 1. The zero-order valence-corrected chi connectivity index (χ0v) is 11.6. The number of nitrogens with zero attached hydrogens (tertiary/aromatic N) is 1. The molecule has 0 unspecified atom stereocenters. The summed E-state index contributed by atoms with van der Waals surface area (Å²) in [6.45, 7) is 3.18. The van der Waals surface area contributed by atoms with E-state index in [0.717, 1.165) is 0 Å². The van der Waals surface area contributed by atoms with Gasteiger partial charge in [-0.15, -0.1) is 13.2 Å². The topological polar surface area (TPSA) is 48.4 Å². The molecule has 0 fully saturated rings. The number of hydrogen-bond acceptors (Lipinski definition) is 4. The molecule has 0 aliphatic carbocycles. The summed E-state index contributed by atoms with van der Waals surface area (Å²) in [7, 11) is 0. The van der Waals surface area contributed by atoms with E-state index in [0.29, 0.717) is 0 Å². The number of rotatable bonds is 3. The van der Waals surface area contributed by atoms with Gasteiger partial charge in [0.05, 0.1) is 6.61 Å². The van der Waals surface area contributed by atoms with Crippen molar-refractivity contribution in [1.82, 2.24) is 4.98 Å². The number of ether oxygens (including phenoxy) is 2. The third-order valence-corrected chi connectivity index (χ3v) is 2.55. The first kappa shape index (κ1) is 15.0. The molecular weight excluding hydrogens is 366 g/mol. The number of pyridine rings is 1. The van der Waals surface area contributed by atoms with Crippen LogP contribution in [0.4, 0.5) is 13.2 Å². The predicted octanol–water partition coefficient (Wildman–Crippen LogP) is 3.07. The Hall–Kier alpha value is -1.06. The van der Waals surface area contributed by atoms with Crippen LogP contribution in [-0.2, 0) is 4.74 Å². The molecule has 0 amide bonds. The van der Waals surface area contributed by atoms with Crippen molar-refractivity contribution < 1.29 is 27.4 Å². The average Bonchev–Trinajstić information content (AvgIpc) is 2.22.